The Balaban J connectivity index is 0.00000200. The second kappa shape index (κ2) is 6.95. The molecular formula is C13H19ClN2O3S. The van der Waals surface area contributed by atoms with Gasteiger partial charge in [0.1, 0.15) is 0 Å². The molecule has 112 valence electrons. The van der Waals surface area contributed by atoms with E-state index in [0.717, 1.165) is 12.0 Å². The molecule has 3 N–H and O–H groups in total. The van der Waals surface area contributed by atoms with Gasteiger partial charge in [0.2, 0.25) is 5.91 Å². The van der Waals surface area contributed by atoms with E-state index >= 15 is 0 Å². The minimum atomic E-state index is -2.99. The number of halogens is 1. The topological polar surface area (TPSA) is 89.3 Å². The molecule has 1 aliphatic rings. The molecule has 7 heteroatoms. The molecule has 0 saturated carbocycles. The predicted molar refractivity (Wildman–Crippen MR) is 81.6 cm³/mol. The van der Waals surface area contributed by atoms with Crippen LogP contribution < -0.4 is 11.1 Å². The van der Waals surface area contributed by atoms with E-state index in [2.05, 4.69) is 5.32 Å². The first-order valence-electron chi connectivity index (χ1n) is 6.29. The molecule has 0 spiro atoms. The number of nitrogens with two attached hydrogens (primary N) is 1. The minimum absolute atomic E-state index is 0. The first-order chi connectivity index (χ1) is 8.94. The molecule has 1 aliphatic heterocycles. The molecule has 1 heterocycles. The van der Waals surface area contributed by atoms with Crippen molar-refractivity contribution in [2.24, 2.45) is 0 Å². The fraction of sp³-hybridized carbons (Fsp3) is 0.462. The Bertz CT molecular complexity index is 557. The molecule has 1 saturated heterocycles. The number of hydrogen-bond acceptors (Lipinski definition) is 4. The van der Waals surface area contributed by atoms with Crippen LogP contribution in [-0.2, 0) is 21.1 Å². The largest absolute Gasteiger partial charge is 0.399 e. The van der Waals surface area contributed by atoms with Crippen LogP contribution in [0.2, 0.25) is 0 Å². The lowest BCUT2D eigenvalue weighted by Gasteiger charge is -2.23. The Labute approximate surface area is 125 Å². The van der Waals surface area contributed by atoms with Gasteiger partial charge in [-0.1, -0.05) is 12.1 Å². The van der Waals surface area contributed by atoms with Gasteiger partial charge in [-0.2, -0.15) is 0 Å². The van der Waals surface area contributed by atoms with Crippen molar-refractivity contribution in [2.75, 3.05) is 17.2 Å². The number of benzene rings is 1. The lowest BCUT2D eigenvalue weighted by Crippen LogP contribution is -2.43. The van der Waals surface area contributed by atoms with Crippen LogP contribution in [0.5, 0.6) is 0 Å². The maximum absolute atomic E-state index is 11.8. The van der Waals surface area contributed by atoms with E-state index < -0.39 is 9.84 Å². The van der Waals surface area contributed by atoms with E-state index in [0.29, 0.717) is 12.1 Å². The maximum Gasteiger partial charge on any atom is 0.224 e. The van der Waals surface area contributed by atoms with E-state index in [-0.39, 0.29) is 42.3 Å². The van der Waals surface area contributed by atoms with Crippen LogP contribution in [0.15, 0.2) is 24.3 Å². The SMILES string of the molecule is Cl.Nc1ccc(CC(=O)NC2CCCS(=O)(=O)C2)cc1. The number of carbonyl (C=O) groups excluding carboxylic acids is 1. The van der Waals surface area contributed by atoms with Gasteiger partial charge in [-0.15, -0.1) is 12.4 Å². The van der Waals surface area contributed by atoms with E-state index in [4.69, 9.17) is 5.73 Å². The summed E-state index contributed by atoms with van der Waals surface area (Å²) in [6.45, 7) is 0. The lowest BCUT2D eigenvalue weighted by molar-refractivity contribution is -0.121. The summed E-state index contributed by atoms with van der Waals surface area (Å²) in [5, 5.41) is 2.79. The van der Waals surface area contributed by atoms with Gasteiger partial charge in [0.25, 0.3) is 0 Å². The third-order valence-electron chi connectivity index (χ3n) is 3.17. The monoisotopic (exact) mass is 318 g/mol. The molecule has 1 aromatic rings. The molecule has 1 aromatic carbocycles. The molecule has 0 aliphatic carbocycles. The molecular weight excluding hydrogens is 300 g/mol. The maximum atomic E-state index is 11.8. The van der Waals surface area contributed by atoms with Crippen molar-refractivity contribution < 1.29 is 13.2 Å². The number of nitrogens with one attached hydrogen (secondary N) is 1. The minimum Gasteiger partial charge on any atom is -0.399 e. The van der Waals surface area contributed by atoms with Crippen LogP contribution in [-0.4, -0.2) is 31.9 Å². The smallest absolute Gasteiger partial charge is 0.224 e. The quantitative estimate of drug-likeness (QED) is 0.811. The summed E-state index contributed by atoms with van der Waals surface area (Å²) in [6, 6.07) is 6.83. The van der Waals surface area contributed by atoms with Crippen molar-refractivity contribution in [3.8, 4) is 0 Å². The summed E-state index contributed by atoms with van der Waals surface area (Å²) < 4.78 is 22.9. The highest BCUT2D eigenvalue weighted by atomic mass is 35.5. The predicted octanol–water partition coefficient (Wildman–Crippen LogP) is 0.926. The Morgan fingerprint density at radius 1 is 1.30 bits per heavy atom. The van der Waals surface area contributed by atoms with E-state index in [1.807, 2.05) is 0 Å². The number of anilines is 1. The molecule has 1 unspecified atom stereocenters. The van der Waals surface area contributed by atoms with Crippen LogP contribution in [0.25, 0.3) is 0 Å². The van der Waals surface area contributed by atoms with E-state index in [1.165, 1.54) is 0 Å². The van der Waals surface area contributed by atoms with E-state index in [1.54, 1.807) is 24.3 Å². The summed E-state index contributed by atoms with van der Waals surface area (Å²) in [7, 11) is -2.99. The van der Waals surface area contributed by atoms with Crippen molar-refractivity contribution >= 4 is 33.8 Å². The van der Waals surface area contributed by atoms with Crippen LogP contribution in [0, 0.1) is 0 Å². The van der Waals surface area contributed by atoms with Crippen molar-refractivity contribution in [3.63, 3.8) is 0 Å². The van der Waals surface area contributed by atoms with Crippen LogP contribution in [0.1, 0.15) is 18.4 Å². The van der Waals surface area contributed by atoms with E-state index in [9.17, 15) is 13.2 Å². The number of sulfone groups is 1. The third-order valence-corrected chi connectivity index (χ3v) is 4.99. The van der Waals surface area contributed by atoms with Gasteiger partial charge in [-0.25, -0.2) is 8.42 Å². The highest BCUT2D eigenvalue weighted by molar-refractivity contribution is 7.91. The first kappa shape index (κ1) is 16.8. The van der Waals surface area contributed by atoms with Crippen molar-refractivity contribution in [3.05, 3.63) is 29.8 Å². The van der Waals surface area contributed by atoms with Crippen LogP contribution >= 0.6 is 12.4 Å². The van der Waals surface area contributed by atoms with Crippen LogP contribution in [0.3, 0.4) is 0 Å². The van der Waals surface area contributed by atoms with Gasteiger partial charge >= 0.3 is 0 Å². The molecule has 5 nitrogen and oxygen atoms in total. The second-order valence-corrected chi connectivity index (χ2v) is 7.17. The summed E-state index contributed by atoms with van der Waals surface area (Å²) in [4.78, 5) is 11.8. The van der Waals surface area contributed by atoms with Crippen molar-refractivity contribution in [1.29, 1.82) is 0 Å². The molecule has 0 radical (unpaired) electrons. The van der Waals surface area contributed by atoms with Gasteiger partial charge < -0.3 is 11.1 Å². The standard InChI is InChI=1S/C13H18N2O3S.ClH/c14-11-5-3-10(4-6-11)8-13(16)15-12-2-1-7-19(17,18)9-12;/h3-6,12H,1-2,7-9,14H2,(H,15,16);1H. The average molecular weight is 319 g/mol. The second-order valence-electron chi connectivity index (χ2n) is 4.94. The molecule has 1 fully saturated rings. The number of rotatable bonds is 3. The third kappa shape index (κ3) is 5.02. The summed E-state index contributed by atoms with van der Waals surface area (Å²) in [5.41, 5.74) is 7.09. The number of amides is 1. The fourth-order valence-corrected chi connectivity index (χ4v) is 3.87. The Kier molecular flexibility index (Phi) is 5.83. The number of hydrogen-bond donors (Lipinski definition) is 2. The zero-order chi connectivity index (χ0) is 13.9. The Hall–Kier alpha value is -1.27. The van der Waals surface area contributed by atoms with Gasteiger partial charge in [0.15, 0.2) is 9.84 Å². The fourth-order valence-electron chi connectivity index (χ4n) is 2.24. The zero-order valence-corrected chi connectivity index (χ0v) is 12.7. The summed E-state index contributed by atoms with van der Waals surface area (Å²) in [5.74, 6) is 0.143. The van der Waals surface area contributed by atoms with Crippen molar-refractivity contribution in [2.45, 2.75) is 25.3 Å². The Morgan fingerprint density at radius 2 is 1.95 bits per heavy atom. The molecule has 0 aromatic heterocycles. The van der Waals surface area contributed by atoms with Crippen LogP contribution in [0.4, 0.5) is 5.69 Å². The normalized spacial score (nSPS) is 20.7. The zero-order valence-electron chi connectivity index (χ0n) is 11.0. The summed E-state index contributed by atoms with van der Waals surface area (Å²) >= 11 is 0. The molecule has 2 rings (SSSR count). The number of nitrogen functional groups attached to an aromatic ring is 1. The number of carbonyl (C=O) groups is 1. The van der Waals surface area contributed by atoms with Gasteiger partial charge in [0, 0.05) is 11.7 Å². The highest BCUT2D eigenvalue weighted by Gasteiger charge is 2.25. The van der Waals surface area contributed by atoms with Gasteiger partial charge in [0.05, 0.1) is 17.9 Å². The Morgan fingerprint density at radius 3 is 2.55 bits per heavy atom. The van der Waals surface area contributed by atoms with Gasteiger partial charge in [-0.3, -0.25) is 4.79 Å². The molecule has 1 amide bonds. The lowest BCUT2D eigenvalue weighted by atomic mass is 10.1. The average Bonchev–Trinajstić information content (AvgIpc) is 2.30. The van der Waals surface area contributed by atoms with Gasteiger partial charge in [-0.05, 0) is 30.5 Å². The molecule has 1 atom stereocenters. The van der Waals surface area contributed by atoms with Crippen molar-refractivity contribution in [1.82, 2.24) is 5.32 Å². The molecule has 20 heavy (non-hydrogen) atoms. The first-order valence-corrected chi connectivity index (χ1v) is 8.11. The molecule has 0 bridgehead atoms. The summed E-state index contributed by atoms with van der Waals surface area (Å²) in [6.07, 6.45) is 1.60. The highest BCUT2D eigenvalue weighted by Crippen LogP contribution is 2.12.